The van der Waals surface area contributed by atoms with Crippen LogP contribution in [0.1, 0.15) is 58.2 Å². The molecule has 10 N–H and O–H groups in total. The molecule has 0 aliphatic heterocycles. The van der Waals surface area contributed by atoms with Crippen LogP contribution in [0.25, 0.3) is 17.1 Å². The normalized spacial score (nSPS) is 13.4. The average Bonchev–Trinajstić information content (AvgIpc) is 2.63. The molecule has 1 aromatic carbocycles. The Labute approximate surface area is 169 Å². The van der Waals surface area contributed by atoms with Gasteiger partial charge >= 0.3 is 0 Å². The Kier molecular flexibility index (Phi) is 8.73. The lowest BCUT2D eigenvalue weighted by Crippen LogP contribution is -2.32. The third-order valence-corrected chi connectivity index (χ3v) is 3.96. The first-order valence-corrected chi connectivity index (χ1v) is 9.61. The van der Waals surface area contributed by atoms with Gasteiger partial charge in [0.1, 0.15) is 0 Å². The van der Waals surface area contributed by atoms with E-state index in [0.29, 0.717) is 17.1 Å². The van der Waals surface area contributed by atoms with E-state index in [1.807, 2.05) is 59.7 Å². The summed E-state index contributed by atoms with van der Waals surface area (Å²) in [5.74, 6) is 6.00. The Morgan fingerprint density at radius 1 is 0.750 bits per heavy atom. The van der Waals surface area contributed by atoms with Crippen LogP contribution in [0.5, 0.6) is 0 Å². The SMILES string of the molecule is CC(C)N/C=C(\N)c1cc(/C(N)=C/NC(C)C)cc(/C(N)=C/N(N)C(C)C)c1. The molecule has 0 radical (unpaired) electrons. The molecular weight excluding hydrogens is 350 g/mol. The monoisotopic (exact) mass is 387 g/mol. The molecule has 0 saturated heterocycles. The van der Waals surface area contributed by atoms with E-state index in [2.05, 4.69) is 10.6 Å². The van der Waals surface area contributed by atoms with Gasteiger partial charge in [-0.25, -0.2) is 5.84 Å². The predicted molar refractivity (Wildman–Crippen MR) is 121 cm³/mol. The number of hydrogen-bond acceptors (Lipinski definition) is 7. The fraction of sp³-hybridized carbons (Fsp3) is 0.429. The summed E-state index contributed by atoms with van der Waals surface area (Å²) >= 11 is 0. The first-order chi connectivity index (χ1) is 13.0. The molecular formula is C21H37N7. The van der Waals surface area contributed by atoms with Gasteiger partial charge in [0.15, 0.2) is 0 Å². The van der Waals surface area contributed by atoms with Crippen molar-refractivity contribution in [3.8, 4) is 0 Å². The van der Waals surface area contributed by atoms with Gasteiger partial charge in [0, 0.05) is 53.4 Å². The van der Waals surface area contributed by atoms with E-state index >= 15 is 0 Å². The molecule has 0 unspecified atom stereocenters. The molecule has 0 aliphatic carbocycles. The molecule has 0 aliphatic rings. The van der Waals surface area contributed by atoms with Crippen molar-refractivity contribution < 1.29 is 0 Å². The minimum atomic E-state index is 0.126. The summed E-state index contributed by atoms with van der Waals surface area (Å²) in [6, 6.07) is 6.50. The number of nitrogens with one attached hydrogen (secondary N) is 2. The second kappa shape index (κ2) is 10.5. The predicted octanol–water partition coefficient (Wildman–Crippen LogP) is 2.04. The Morgan fingerprint density at radius 2 is 1.11 bits per heavy atom. The molecule has 156 valence electrons. The highest BCUT2D eigenvalue weighted by atomic mass is 15.4. The zero-order valence-corrected chi connectivity index (χ0v) is 18.0. The van der Waals surface area contributed by atoms with E-state index in [1.165, 1.54) is 0 Å². The number of rotatable bonds is 9. The highest BCUT2D eigenvalue weighted by Crippen LogP contribution is 2.22. The van der Waals surface area contributed by atoms with Gasteiger partial charge in [-0.2, -0.15) is 0 Å². The third kappa shape index (κ3) is 7.44. The molecule has 0 heterocycles. The van der Waals surface area contributed by atoms with Gasteiger partial charge in [0.25, 0.3) is 0 Å². The molecule has 7 heteroatoms. The Hall–Kier alpha value is -2.80. The van der Waals surface area contributed by atoms with Gasteiger partial charge < -0.3 is 32.8 Å². The van der Waals surface area contributed by atoms with E-state index in [0.717, 1.165) is 16.7 Å². The summed E-state index contributed by atoms with van der Waals surface area (Å²) in [6.07, 6.45) is 5.30. The van der Waals surface area contributed by atoms with Crippen LogP contribution in [0, 0.1) is 0 Å². The van der Waals surface area contributed by atoms with Gasteiger partial charge in [-0.3, -0.25) is 0 Å². The summed E-state index contributed by atoms with van der Waals surface area (Å²) in [6.45, 7) is 12.2. The standard InChI is InChI=1S/C21H37N7/c1-13(2)26-10-19(22)16-7-17(20(23)11-27-14(3)4)9-18(8-16)21(24)12-28(25)15(5)6/h7-15,26-27H,22-25H2,1-6H3/b19-10-,20-11-,21-12-. The van der Waals surface area contributed by atoms with Gasteiger partial charge in [-0.1, -0.05) is 0 Å². The number of hydrazine groups is 1. The zero-order valence-electron chi connectivity index (χ0n) is 18.0. The van der Waals surface area contributed by atoms with Crippen LogP contribution >= 0.6 is 0 Å². The van der Waals surface area contributed by atoms with E-state index in [-0.39, 0.29) is 18.1 Å². The van der Waals surface area contributed by atoms with Crippen molar-refractivity contribution in [3.63, 3.8) is 0 Å². The molecule has 1 rings (SSSR count). The van der Waals surface area contributed by atoms with E-state index < -0.39 is 0 Å². The van der Waals surface area contributed by atoms with E-state index in [1.54, 1.807) is 23.6 Å². The largest absolute Gasteiger partial charge is 0.397 e. The average molecular weight is 388 g/mol. The minimum Gasteiger partial charge on any atom is -0.397 e. The van der Waals surface area contributed by atoms with Crippen LogP contribution in [0.4, 0.5) is 0 Å². The van der Waals surface area contributed by atoms with Crippen LogP contribution < -0.4 is 33.7 Å². The highest BCUT2D eigenvalue weighted by molar-refractivity contribution is 5.76. The summed E-state index contributed by atoms with van der Waals surface area (Å²) in [7, 11) is 0. The molecule has 0 aromatic heterocycles. The lowest BCUT2D eigenvalue weighted by atomic mass is 10.0. The Balaban J connectivity index is 3.42. The van der Waals surface area contributed by atoms with Crippen molar-refractivity contribution in [1.29, 1.82) is 0 Å². The van der Waals surface area contributed by atoms with Crippen molar-refractivity contribution in [2.24, 2.45) is 23.0 Å². The zero-order chi connectivity index (χ0) is 21.4. The molecule has 0 saturated carbocycles. The summed E-state index contributed by atoms with van der Waals surface area (Å²) in [5.41, 5.74) is 23.0. The van der Waals surface area contributed by atoms with Gasteiger partial charge in [0.05, 0.1) is 17.1 Å². The number of hydrogen-bond donors (Lipinski definition) is 6. The topological polar surface area (TPSA) is 131 Å². The summed E-state index contributed by atoms with van der Waals surface area (Å²) in [5, 5.41) is 7.99. The lowest BCUT2D eigenvalue weighted by Gasteiger charge is -2.20. The molecule has 0 atom stereocenters. The smallest absolute Gasteiger partial charge is 0.0564 e. The molecule has 0 amide bonds. The maximum absolute atomic E-state index is 6.30. The third-order valence-electron chi connectivity index (χ3n) is 3.96. The molecule has 0 bridgehead atoms. The van der Waals surface area contributed by atoms with Crippen molar-refractivity contribution in [2.45, 2.75) is 59.7 Å². The van der Waals surface area contributed by atoms with E-state index in [9.17, 15) is 0 Å². The number of nitrogens with zero attached hydrogens (tertiary/aromatic N) is 1. The van der Waals surface area contributed by atoms with Gasteiger partial charge in [-0.05, 0) is 59.7 Å². The maximum Gasteiger partial charge on any atom is 0.0564 e. The fourth-order valence-electron chi connectivity index (χ4n) is 2.19. The second-order valence-corrected chi connectivity index (χ2v) is 7.77. The van der Waals surface area contributed by atoms with Crippen LogP contribution in [0.15, 0.2) is 36.8 Å². The van der Waals surface area contributed by atoms with Crippen LogP contribution in [-0.2, 0) is 0 Å². The van der Waals surface area contributed by atoms with Gasteiger partial charge in [0.2, 0.25) is 0 Å². The highest BCUT2D eigenvalue weighted by Gasteiger charge is 2.09. The second-order valence-electron chi connectivity index (χ2n) is 7.77. The number of nitrogens with two attached hydrogens (primary N) is 4. The Morgan fingerprint density at radius 3 is 1.43 bits per heavy atom. The van der Waals surface area contributed by atoms with Gasteiger partial charge in [-0.15, -0.1) is 0 Å². The maximum atomic E-state index is 6.30. The first kappa shape index (κ1) is 23.2. The molecule has 0 fully saturated rings. The van der Waals surface area contributed by atoms with Crippen molar-refractivity contribution in [1.82, 2.24) is 15.6 Å². The molecule has 7 nitrogen and oxygen atoms in total. The Bertz CT molecular complexity index is 686. The van der Waals surface area contributed by atoms with Crippen molar-refractivity contribution >= 4 is 17.1 Å². The summed E-state index contributed by atoms with van der Waals surface area (Å²) in [4.78, 5) is 0. The van der Waals surface area contributed by atoms with Crippen molar-refractivity contribution in [2.75, 3.05) is 0 Å². The molecule has 0 spiro atoms. The van der Waals surface area contributed by atoms with Crippen LogP contribution in [-0.4, -0.2) is 23.1 Å². The molecule has 28 heavy (non-hydrogen) atoms. The lowest BCUT2D eigenvalue weighted by molar-refractivity contribution is 0.324. The summed E-state index contributed by atoms with van der Waals surface area (Å²) < 4.78 is 0. The quantitative estimate of drug-likeness (QED) is 0.282. The minimum absolute atomic E-state index is 0.126. The van der Waals surface area contributed by atoms with Crippen LogP contribution in [0.2, 0.25) is 0 Å². The van der Waals surface area contributed by atoms with Crippen molar-refractivity contribution in [3.05, 3.63) is 53.5 Å². The van der Waals surface area contributed by atoms with E-state index in [4.69, 9.17) is 23.0 Å². The fourth-order valence-corrected chi connectivity index (χ4v) is 2.19. The van der Waals surface area contributed by atoms with Crippen LogP contribution in [0.3, 0.4) is 0 Å². The molecule has 1 aromatic rings. The number of benzene rings is 1. The first-order valence-electron chi connectivity index (χ1n) is 9.61.